The Morgan fingerprint density at radius 3 is 2.40 bits per heavy atom. The molecule has 54 valence electrons. The van der Waals surface area contributed by atoms with Gasteiger partial charge in [-0.2, -0.15) is 0 Å². The molecular weight excluding hydrogens is 289 g/mol. The summed E-state index contributed by atoms with van der Waals surface area (Å²) >= 11 is 12.9. The van der Waals surface area contributed by atoms with Crippen LogP contribution in [0.1, 0.15) is 0 Å². The molecule has 0 bridgehead atoms. The van der Waals surface area contributed by atoms with Crippen LogP contribution in [-0.2, 0) is 0 Å². The molecule has 0 unspecified atom stereocenters. The fraction of sp³-hybridized carbons (Fsp3) is 0. The Morgan fingerprint density at radius 1 is 1.30 bits per heavy atom. The maximum Gasteiger partial charge on any atom is 0.161 e. The van der Waals surface area contributed by atoms with Gasteiger partial charge in [-0.1, -0.05) is 23.2 Å². The van der Waals surface area contributed by atoms with E-state index in [1.54, 1.807) is 6.07 Å². The highest BCUT2D eigenvalue weighted by Gasteiger charge is 2.06. The fourth-order valence-electron chi connectivity index (χ4n) is 0.502. The van der Waals surface area contributed by atoms with Crippen molar-refractivity contribution in [3.05, 3.63) is 31.6 Å². The SMILES string of the molecule is Fc1c(Cl)ccc(I)c1Cl. The van der Waals surface area contributed by atoms with Crippen LogP contribution >= 0.6 is 45.8 Å². The van der Waals surface area contributed by atoms with Crippen LogP contribution in [0.5, 0.6) is 0 Å². The Kier molecular flexibility index (Phi) is 2.77. The molecule has 0 aliphatic heterocycles. The summed E-state index contributed by atoms with van der Waals surface area (Å²) in [4.78, 5) is 0. The topological polar surface area (TPSA) is 0 Å². The summed E-state index contributed by atoms with van der Waals surface area (Å²) in [6, 6.07) is 3.14. The molecule has 0 heterocycles. The summed E-state index contributed by atoms with van der Waals surface area (Å²) in [5, 5.41) is 0.151. The smallest absolute Gasteiger partial charge is 0.161 e. The van der Waals surface area contributed by atoms with Crippen LogP contribution in [0.25, 0.3) is 0 Å². The molecule has 0 N–H and O–H groups in total. The van der Waals surface area contributed by atoms with Crippen LogP contribution in [0, 0.1) is 9.39 Å². The highest BCUT2D eigenvalue weighted by Crippen LogP contribution is 2.26. The maximum absolute atomic E-state index is 12.7. The molecule has 0 aliphatic carbocycles. The largest absolute Gasteiger partial charge is 0.204 e. The van der Waals surface area contributed by atoms with Crippen molar-refractivity contribution in [3.8, 4) is 0 Å². The minimum absolute atomic E-state index is 0.0606. The first-order valence-corrected chi connectivity index (χ1v) is 4.25. The number of halogens is 4. The van der Waals surface area contributed by atoms with E-state index in [2.05, 4.69) is 0 Å². The van der Waals surface area contributed by atoms with E-state index in [-0.39, 0.29) is 10.0 Å². The summed E-state index contributed by atoms with van der Waals surface area (Å²) in [6.45, 7) is 0. The summed E-state index contributed by atoms with van der Waals surface area (Å²) in [6.07, 6.45) is 0. The lowest BCUT2D eigenvalue weighted by Gasteiger charge is -1.97. The van der Waals surface area contributed by atoms with E-state index in [9.17, 15) is 4.39 Å². The average Bonchev–Trinajstić information content (AvgIpc) is 1.93. The lowest BCUT2D eigenvalue weighted by atomic mass is 10.3. The molecule has 0 nitrogen and oxygen atoms in total. The summed E-state index contributed by atoms with van der Waals surface area (Å²) in [5.41, 5.74) is 0. The molecule has 10 heavy (non-hydrogen) atoms. The number of rotatable bonds is 0. The van der Waals surface area contributed by atoms with Crippen LogP contribution in [-0.4, -0.2) is 0 Å². The summed E-state index contributed by atoms with van der Waals surface area (Å²) in [7, 11) is 0. The highest BCUT2D eigenvalue weighted by molar-refractivity contribution is 14.1. The van der Waals surface area contributed by atoms with Crippen molar-refractivity contribution < 1.29 is 4.39 Å². The minimum atomic E-state index is -0.546. The minimum Gasteiger partial charge on any atom is -0.204 e. The first-order valence-electron chi connectivity index (χ1n) is 2.42. The third-order valence-corrected chi connectivity index (χ3v) is 2.87. The van der Waals surface area contributed by atoms with Gasteiger partial charge in [-0.25, -0.2) is 4.39 Å². The van der Waals surface area contributed by atoms with Crippen LogP contribution in [0.15, 0.2) is 12.1 Å². The van der Waals surface area contributed by atoms with E-state index in [0.29, 0.717) is 3.57 Å². The molecule has 0 spiro atoms. The van der Waals surface area contributed by atoms with Gasteiger partial charge in [0.25, 0.3) is 0 Å². The average molecular weight is 291 g/mol. The normalized spacial score (nSPS) is 10.0. The molecule has 0 saturated heterocycles. The van der Waals surface area contributed by atoms with Gasteiger partial charge in [0, 0.05) is 3.57 Å². The first-order chi connectivity index (χ1) is 4.63. The molecule has 0 fully saturated rings. The zero-order chi connectivity index (χ0) is 7.72. The number of hydrogen-bond acceptors (Lipinski definition) is 0. The van der Waals surface area contributed by atoms with E-state index >= 15 is 0 Å². The Hall–Kier alpha value is 0.460. The lowest BCUT2D eigenvalue weighted by molar-refractivity contribution is 0.628. The van der Waals surface area contributed by atoms with Crippen molar-refractivity contribution in [2.45, 2.75) is 0 Å². The van der Waals surface area contributed by atoms with Gasteiger partial charge in [0.2, 0.25) is 0 Å². The van der Waals surface area contributed by atoms with Crippen LogP contribution in [0.3, 0.4) is 0 Å². The Bertz CT molecular complexity index is 235. The third-order valence-electron chi connectivity index (χ3n) is 0.988. The second-order valence-corrected chi connectivity index (χ2v) is 3.60. The Balaban J connectivity index is 3.34. The van der Waals surface area contributed by atoms with Crippen LogP contribution in [0.2, 0.25) is 10.0 Å². The van der Waals surface area contributed by atoms with Crippen LogP contribution < -0.4 is 0 Å². The molecule has 1 rings (SSSR count). The molecular formula is C6H2Cl2FI. The van der Waals surface area contributed by atoms with E-state index in [0.717, 1.165) is 0 Å². The van der Waals surface area contributed by atoms with Crippen LogP contribution in [0.4, 0.5) is 4.39 Å². The van der Waals surface area contributed by atoms with Gasteiger partial charge in [0.1, 0.15) is 0 Å². The van der Waals surface area contributed by atoms with Crippen molar-refractivity contribution >= 4 is 45.8 Å². The number of hydrogen-bond donors (Lipinski definition) is 0. The van der Waals surface area contributed by atoms with Gasteiger partial charge in [0.05, 0.1) is 10.0 Å². The zero-order valence-electron chi connectivity index (χ0n) is 4.67. The van der Waals surface area contributed by atoms with Crippen molar-refractivity contribution in [3.63, 3.8) is 0 Å². The second-order valence-electron chi connectivity index (χ2n) is 1.66. The summed E-state index contributed by atoms with van der Waals surface area (Å²) < 4.78 is 13.4. The molecule has 0 aliphatic rings. The van der Waals surface area contributed by atoms with Crippen molar-refractivity contribution in [2.24, 2.45) is 0 Å². The summed E-state index contributed by atoms with van der Waals surface area (Å²) in [5.74, 6) is -0.546. The van der Waals surface area contributed by atoms with Gasteiger partial charge in [-0.15, -0.1) is 0 Å². The van der Waals surface area contributed by atoms with Crippen molar-refractivity contribution in [1.29, 1.82) is 0 Å². The van der Waals surface area contributed by atoms with E-state index in [1.807, 2.05) is 22.6 Å². The molecule has 0 amide bonds. The van der Waals surface area contributed by atoms with E-state index in [4.69, 9.17) is 23.2 Å². The van der Waals surface area contributed by atoms with E-state index < -0.39 is 5.82 Å². The molecule has 1 aromatic rings. The molecule has 0 aromatic heterocycles. The molecule has 1 aromatic carbocycles. The van der Waals surface area contributed by atoms with Crippen molar-refractivity contribution in [1.82, 2.24) is 0 Å². The first kappa shape index (κ1) is 8.56. The lowest BCUT2D eigenvalue weighted by Crippen LogP contribution is -1.81. The van der Waals surface area contributed by atoms with Gasteiger partial charge in [-0.05, 0) is 34.7 Å². The molecule has 4 heteroatoms. The monoisotopic (exact) mass is 290 g/mol. The van der Waals surface area contributed by atoms with Gasteiger partial charge in [-0.3, -0.25) is 0 Å². The van der Waals surface area contributed by atoms with Gasteiger partial charge >= 0.3 is 0 Å². The van der Waals surface area contributed by atoms with Gasteiger partial charge in [0.15, 0.2) is 5.82 Å². The van der Waals surface area contributed by atoms with E-state index in [1.165, 1.54) is 6.07 Å². The quantitative estimate of drug-likeness (QED) is 0.388. The Labute approximate surface area is 81.5 Å². The van der Waals surface area contributed by atoms with Gasteiger partial charge < -0.3 is 0 Å². The molecule has 0 atom stereocenters. The Morgan fingerprint density at radius 2 is 1.90 bits per heavy atom. The number of benzene rings is 1. The van der Waals surface area contributed by atoms with Crippen molar-refractivity contribution in [2.75, 3.05) is 0 Å². The third kappa shape index (κ3) is 1.54. The predicted octanol–water partition coefficient (Wildman–Crippen LogP) is 3.74. The highest BCUT2D eigenvalue weighted by atomic mass is 127. The maximum atomic E-state index is 12.7. The second kappa shape index (κ2) is 3.24. The predicted molar refractivity (Wildman–Crippen MR) is 49.1 cm³/mol. The molecule has 0 radical (unpaired) electrons. The fourth-order valence-corrected chi connectivity index (χ4v) is 1.29. The molecule has 0 saturated carbocycles. The zero-order valence-corrected chi connectivity index (χ0v) is 8.34. The standard InChI is InChI=1S/C6H2Cl2FI/c7-3-1-2-4(10)5(8)6(3)9/h1-2H.